The van der Waals surface area contributed by atoms with Crippen LogP contribution in [0.15, 0.2) is 42.9 Å². The molecule has 0 N–H and O–H groups in total. The van der Waals surface area contributed by atoms with Gasteiger partial charge >= 0.3 is 0 Å². The first-order valence-electron chi connectivity index (χ1n) is 9.70. The zero-order chi connectivity index (χ0) is 18.5. The van der Waals surface area contributed by atoms with E-state index in [9.17, 15) is 0 Å². The minimum atomic E-state index is 0.152. The van der Waals surface area contributed by atoms with Crippen molar-refractivity contribution in [2.75, 3.05) is 51.4 Å². The van der Waals surface area contributed by atoms with Crippen molar-refractivity contribution in [2.45, 2.75) is 19.4 Å². The molecule has 3 heterocycles. The van der Waals surface area contributed by atoms with Crippen molar-refractivity contribution in [2.24, 2.45) is 5.41 Å². The third-order valence-corrected chi connectivity index (χ3v) is 5.62. The smallest absolute Gasteiger partial charge is 0.147 e. The van der Waals surface area contributed by atoms with E-state index >= 15 is 0 Å². The third kappa shape index (κ3) is 4.39. The van der Waals surface area contributed by atoms with E-state index in [0.717, 1.165) is 57.5 Å². The van der Waals surface area contributed by atoms with Gasteiger partial charge in [-0.2, -0.15) is 0 Å². The number of piperidine rings is 1. The molecule has 0 unspecified atom stereocenters. The van der Waals surface area contributed by atoms with Gasteiger partial charge in [-0.25, -0.2) is 4.98 Å². The lowest BCUT2D eigenvalue weighted by Gasteiger charge is -2.43. The van der Waals surface area contributed by atoms with E-state index in [1.165, 1.54) is 18.4 Å². The number of hydrogen-bond acceptors (Lipinski definition) is 6. The summed E-state index contributed by atoms with van der Waals surface area (Å²) in [7, 11) is 1.71. The highest BCUT2D eigenvalue weighted by molar-refractivity contribution is 5.36. The van der Waals surface area contributed by atoms with E-state index in [-0.39, 0.29) is 5.41 Å². The van der Waals surface area contributed by atoms with E-state index in [1.54, 1.807) is 19.5 Å². The van der Waals surface area contributed by atoms with Gasteiger partial charge in [0.1, 0.15) is 11.6 Å². The number of ether oxygens (including phenoxy) is 2. The van der Waals surface area contributed by atoms with Gasteiger partial charge in [0.2, 0.25) is 0 Å². The number of anilines is 1. The zero-order valence-corrected chi connectivity index (χ0v) is 16.0. The van der Waals surface area contributed by atoms with Crippen LogP contribution in [-0.4, -0.2) is 61.4 Å². The van der Waals surface area contributed by atoms with Crippen LogP contribution in [0.3, 0.4) is 0 Å². The van der Waals surface area contributed by atoms with E-state index in [1.807, 2.05) is 18.3 Å². The predicted octanol–water partition coefficient (Wildman–Crippen LogP) is 2.60. The SMILES string of the molecule is COc1ccc(CN2CCC[C@]3(COCCN(c4cnccn4)C3)C2)cc1. The molecule has 1 spiro atoms. The number of likely N-dealkylation sites (tertiary alicyclic amines) is 1. The minimum absolute atomic E-state index is 0.152. The second-order valence-corrected chi connectivity index (χ2v) is 7.70. The van der Waals surface area contributed by atoms with Crippen molar-refractivity contribution < 1.29 is 9.47 Å². The Morgan fingerprint density at radius 3 is 2.81 bits per heavy atom. The molecule has 2 saturated heterocycles. The third-order valence-electron chi connectivity index (χ3n) is 5.62. The molecule has 0 amide bonds. The summed E-state index contributed by atoms with van der Waals surface area (Å²) in [6.45, 7) is 6.58. The van der Waals surface area contributed by atoms with E-state index in [4.69, 9.17) is 9.47 Å². The van der Waals surface area contributed by atoms with E-state index in [2.05, 4.69) is 31.9 Å². The van der Waals surface area contributed by atoms with Gasteiger partial charge in [0.25, 0.3) is 0 Å². The Bertz CT molecular complexity index is 725. The van der Waals surface area contributed by atoms with Gasteiger partial charge in [-0.1, -0.05) is 12.1 Å². The highest BCUT2D eigenvalue weighted by atomic mass is 16.5. The van der Waals surface area contributed by atoms with Crippen LogP contribution in [0.5, 0.6) is 5.75 Å². The first-order valence-corrected chi connectivity index (χ1v) is 9.70. The lowest BCUT2D eigenvalue weighted by atomic mass is 9.80. The van der Waals surface area contributed by atoms with Gasteiger partial charge in [0, 0.05) is 44.0 Å². The molecule has 0 radical (unpaired) electrons. The Hall–Kier alpha value is -2.18. The molecule has 2 aromatic rings. The van der Waals surface area contributed by atoms with Crippen molar-refractivity contribution >= 4 is 5.82 Å². The molecule has 0 bridgehead atoms. The molecule has 4 rings (SSSR count). The fourth-order valence-corrected chi connectivity index (χ4v) is 4.32. The molecule has 2 fully saturated rings. The molecule has 1 aromatic heterocycles. The van der Waals surface area contributed by atoms with Crippen LogP contribution in [0, 0.1) is 5.41 Å². The summed E-state index contributed by atoms with van der Waals surface area (Å²) in [5.74, 6) is 1.86. The Kier molecular flexibility index (Phi) is 5.55. The number of aromatic nitrogens is 2. The van der Waals surface area contributed by atoms with Gasteiger partial charge in [-0.15, -0.1) is 0 Å². The summed E-state index contributed by atoms with van der Waals surface area (Å²) in [6.07, 6.45) is 7.75. The summed E-state index contributed by atoms with van der Waals surface area (Å²) >= 11 is 0. The topological polar surface area (TPSA) is 50.7 Å². The summed E-state index contributed by atoms with van der Waals surface area (Å²) in [5.41, 5.74) is 1.48. The average Bonchev–Trinajstić information content (AvgIpc) is 2.92. The minimum Gasteiger partial charge on any atom is -0.497 e. The highest BCUT2D eigenvalue weighted by Crippen LogP contribution is 2.34. The fourth-order valence-electron chi connectivity index (χ4n) is 4.32. The van der Waals surface area contributed by atoms with Crippen molar-refractivity contribution in [1.82, 2.24) is 14.9 Å². The normalized spacial score (nSPS) is 24.0. The largest absolute Gasteiger partial charge is 0.497 e. The second-order valence-electron chi connectivity index (χ2n) is 7.70. The van der Waals surface area contributed by atoms with Crippen molar-refractivity contribution in [3.8, 4) is 5.75 Å². The molecule has 0 aliphatic carbocycles. The lowest BCUT2D eigenvalue weighted by molar-refractivity contribution is 0.0106. The molecular weight excluding hydrogens is 340 g/mol. The van der Waals surface area contributed by atoms with Gasteiger partial charge in [-0.05, 0) is 37.1 Å². The van der Waals surface area contributed by atoms with Gasteiger partial charge in [-0.3, -0.25) is 9.88 Å². The number of benzene rings is 1. The lowest BCUT2D eigenvalue weighted by Crippen LogP contribution is -2.50. The first-order chi connectivity index (χ1) is 13.3. The number of hydrogen-bond donors (Lipinski definition) is 0. The maximum Gasteiger partial charge on any atom is 0.147 e. The summed E-state index contributed by atoms with van der Waals surface area (Å²) in [5, 5.41) is 0. The fraction of sp³-hybridized carbons (Fsp3) is 0.524. The van der Waals surface area contributed by atoms with Crippen molar-refractivity contribution in [1.29, 1.82) is 0 Å². The molecule has 1 atom stereocenters. The van der Waals surface area contributed by atoms with Gasteiger partial charge < -0.3 is 14.4 Å². The average molecular weight is 368 g/mol. The van der Waals surface area contributed by atoms with Crippen LogP contribution in [0.1, 0.15) is 18.4 Å². The second kappa shape index (κ2) is 8.23. The zero-order valence-electron chi connectivity index (χ0n) is 16.0. The predicted molar refractivity (Wildman–Crippen MR) is 105 cm³/mol. The first kappa shape index (κ1) is 18.2. The molecule has 6 heteroatoms. The van der Waals surface area contributed by atoms with Crippen molar-refractivity contribution in [3.05, 3.63) is 48.4 Å². The molecule has 1 aromatic carbocycles. The Balaban J connectivity index is 1.46. The van der Waals surface area contributed by atoms with Crippen LogP contribution < -0.4 is 9.64 Å². The molecule has 27 heavy (non-hydrogen) atoms. The van der Waals surface area contributed by atoms with Crippen LogP contribution in [-0.2, 0) is 11.3 Å². The van der Waals surface area contributed by atoms with Crippen LogP contribution in [0.25, 0.3) is 0 Å². The molecule has 144 valence electrons. The Labute approximate surface area is 161 Å². The summed E-state index contributed by atoms with van der Waals surface area (Å²) < 4.78 is 11.3. The standard InChI is InChI=1S/C21H28N4O2/c1-26-19-5-3-18(4-6-19)14-24-10-2-7-21(15-24)16-25(11-12-27-17-21)20-13-22-8-9-23-20/h3-6,8-9,13H,2,7,10-12,14-17H2,1H3/t21-/m0/s1. The van der Waals surface area contributed by atoms with Gasteiger partial charge in [0.15, 0.2) is 0 Å². The van der Waals surface area contributed by atoms with Crippen LogP contribution in [0.2, 0.25) is 0 Å². The van der Waals surface area contributed by atoms with E-state index < -0.39 is 0 Å². The Morgan fingerprint density at radius 2 is 2.04 bits per heavy atom. The molecule has 2 aliphatic rings. The van der Waals surface area contributed by atoms with E-state index in [0.29, 0.717) is 0 Å². The maximum absolute atomic E-state index is 6.04. The van der Waals surface area contributed by atoms with Crippen LogP contribution in [0.4, 0.5) is 5.82 Å². The van der Waals surface area contributed by atoms with Crippen molar-refractivity contribution in [3.63, 3.8) is 0 Å². The molecular formula is C21H28N4O2. The number of nitrogens with zero attached hydrogens (tertiary/aromatic N) is 4. The number of methoxy groups -OCH3 is 1. The molecule has 6 nitrogen and oxygen atoms in total. The molecule has 0 saturated carbocycles. The number of rotatable bonds is 4. The summed E-state index contributed by atoms with van der Waals surface area (Å²) in [6, 6.07) is 8.41. The molecule has 2 aliphatic heterocycles. The quantitative estimate of drug-likeness (QED) is 0.827. The summed E-state index contributed by atoms with van der Waals surface area (Å²) in [4.78, 5) is 13.7. The Morgan fingerprint density at radius 1 is 1.15 bits per heavy atom. The van der Waals surface area contributed by atoms with Gasteiger partial charge in [0.05, 0.1) is 26.5 Å². The monoisotopic (exact) mass is 368 g/mol. The maximum atomic E-state index is 6.04. The highest BCUT2D eigenvalue weighted by Gasteiger charge is 2.39. The van der Waals surface area contributed by atoms with Crippen LogP contribution >= 0.6 is 0 Å².